The lowest BCUT2D eigenvalue weighted by Crippen LogP contribution is -2.12. The van der Waals surface area contributed by atoms with E-state index >= 15 is 0 Å². The summed E-state index contributed by atoms with van der Waals surface area (Å²) in [7, 11) is 0. The van der Waals surface area contributed by atoms with Crippen molar-refractivity contribution >= 4 is 41.0 Å². The molecule has 0 atom stereocenters. The third kappa shape index (κ3) is 4.05. The molecule has 2 aromatic carbocycles. The summed E-state index contributed by atoms with van der Waals surface area (Å²) in [6.07, 6.45) is 1.63. The zero-order valence-electron chi connectivity index (χ0n) is 13.5. The molecule has 0 aliphatic rings. The van der Waals surface area contributed by atoms with Gasteiger partial charge in [-0.1, -0.05) is 47.5 Å². The highest BCUT2D eigenvalue weighted by atomic mass is 35.5. The zero-order valence-corrected chi connectivity index (χ0v) is 14.2. The van der Waals surface area contributed by atoms with E-state index in [9.17, 15) is 4.79 Å². The first-order chi connectivity index (χ1) is 12.0. The summed E-state index contributed by atoms with van der Waals surface area (Å²) in [5.41, 5.74) is 8.43. The van der Waals surface area contributed by atoms with Gasteiger partial charge in [-0.15, -0.1) is 0 Å². The van der Waals surface area contributed by atoms with Gasteiger partial charge in [-0.2, -0.15) is 5.10 Å². The highest BCUT2D eigenvalue weighted by Crippen LogP contribution is 2.27. The molecule has 1 heterocycles. The Labute approximate surface area is 149 Å². The predicted molar refractivity (Wildman–Crippen MR) is 100 cm³/mol. The van der Waals surface area contributed by atoms with Crippen LogP contribution >= 0.6 is 11.6 Å². The fourth-order valence-electron chi connectivity index (χ4n) is 2.25. The van der Waals surface area contributed by atoms with E-state index in [-0.39, 0.29) is 11.4 Å². The lowest BCUT2D eigenvalue weighted by atomic mass is 10.2. The molecule has 3 rings (SSSR count). The van der Waals surface area contributed by atoms with Crippen molar-refractivity contribution in [3.8, 4) is 0 Å². The Bertz CT molecular complexity index is 931. The number of anilines is 2. The molecule has 7 heteroatoms. The SMILES string of the molecule is Cc1ccc(C=Nc2n[nH]c(Nc3cccc(Cl)c3)c2C(N)=O)cc1. The molecule has 0 fully saturated rings. The number of primary amides is 1. The Morgan fingerprint density at radius 3 is 2.72 bits per heavy atom. The number of aryl methyl sites for hydroxylation is 1. The number of carbonyl (C=O) groups is 1. The molecule has 3 aromatic rings. The molecule has 126 valence electrons. The van der Waals surface area contributed by atoms with Gasteiger partial charge in [0.15, 0.2) is 5.82 Å². The second-order valence-corrected chi connectivity index (χ2v) is 5.90. The fraction of sp³-hybridized carbons (Fsp3) is 0.0556. The minimum absolute atomic E-state index is 0.184. The van der Waals surface area contributed by atoms with E-state index in [4.69, 9.17) is 17.3 Å². The number of hydrogen-bond donors (Lipinski definition) is 3. The van der Waals surface area contributed by atoms with Crippen LogP contribution in [-0.4, -0.2) is 22.3 Å². The molecule has 1 amide bonds. The number of H-pyrrole nitrogens is 1. The van der Waals surface area contributed by atoms with E-state index in [0.717, 1.165) is 11.1 Å². The van der Waals surface area contributed by atoms with Crippen molar-refractivity contribution in [2.75, 3.05) is 5.32 Å². The Morgan fingerprint density at radius 1 is 1.28 bits per heavy atom. The Balaban J connectivity index is 1.89. The molecule has 0 saturated carbocycles. The van der Waals surface area contributed by atoms with Gasteiger partial charge in [0.2, 0.25) is 0 Å². The molecule has 0 spiro atoms. The number of aromatic amines is 1. The molecular weight excluding hydrogens is 338 g/mol. The van der Waals surface area contributed by atoms with Crippen LogP contribution in [0.5, 0.6) is 0 Å². The lowest BCUT2D eigenvalue weighted by molar-refractivity contribution is 0.100. The minimum Gasteiger partial charge on any atom is -0.365 e. The molecule has 6 nitrogen and oxygen atoms in total. The van der Waals surface area contributed by atoms with Crippen LogP contribution in [0.4, 0.5) is 17.3 Å². The van der Waals surface area contributed by atoms with E-state index in [0.29, 0.717) is 16.5 Å². The van der Waals surface area contributed by atoms with Gasteiger partial charge in [-0.3, -0.25) is 9.89 Å². The predicted octanol–water partition coefficient (Wildman–Crippen LogP) is 3.96. The fourth-order valence-corrected chi connectivity index (χ4v) is 2.44. The number of rotatable bonds is 5. The molecule has 0 aliphatic heterocycles. The minimum atomic E-state index is -0.630. The molecule has 25 heavy (non-hydrogen) atoms. The normalized spacial score (nSPS) is 11.0. The number of carbonyl (C=O) groups excluding carboxylic acids is 1. The molecule has 1 aromatic heterocycles. The van der Waals surface area contributed by atoms with Crippen LogP contribution in [0.25, 0.3) is 0 Å². The molecule has 4 N–H and O–H groups in total. The summed E-state index contributed by atoms with van der Waals surface area (Å²) in [5.74, 6) is -0.0437. The first-order valence-corrected chi connectivity index (χ1v) is 7.92. The van der Waals surface area contributed by atoms with Crippen molar-refractivity contribution in [1.82, 2.24) is 10.2 Å². The van der Waals surface area contributed by atoms with Gasteiger partial charge in [-0.05, 0) is 30.7 Å². The van der Waals surface area contributed by atoms with Crippen molar-refractivity contribution in [1.29, 1.82) is 0 Å². The third-order valence-corrected chi connectivity index (χ3v) is 3.74. The molecule has 0 aliphatic carbocycles. The van der Waals surface area contributed by atoms with Crippen LogP contribution in [-0.2, 0) is 0 Å². The highest BCUT2D eigenvalue weighted by molar-refractivity contribution is 6.30. The monoisotopic (exact) mass is 353 g/mol. The summed E-state index contributed by atoms with van der Waals surface area (Å²) in [5, 5.41) is 10.4. The average molecular weight is 354 g/mol. The molecular formula is C18H16ClN5O. The van der Waals surface area contributed by atoms with E-state index in [1.165, 1.54) is 0 Å². The first-order valence-electron chi connectivity index (χ1n) is 7.54. The summed E-state index contributed by atoms with van der Waals surface area (Å²) >= 11 is 5.97. The smallest absolute Gasteiger partial charge is 0.256 e. The summed E-state index contributed by atoms with van der Waals surface area (Å²) in [6.45, 7) is 2.01. The Hall–Kier alpha value is -3.12. The molecule has 0 radical (unpaired) electrons. The van der Waals surface area contributed by atoms with Gasteiger partial charge in [0.25, 0.3) is 5.91 Å². The standard InChI is InChI=1S/C18H16ClN5O/c1-11-5-7-12(8-6-11)10-21-17-15(16(20)25)18(24-23-17)22-14-4-2-3-13(19)9-14/h2-10H,1H3,(H2,20,25)(H2,22,23,24). The number of nitrogens with zero attached hydrogens (tertiary/aromatic N) is 2. The Kier molecular flexibility index (Phi) is 4.81. The number of nitrogens with two attached hydrogens (primary N) is 1. The largest absolute Gasteiger partial charge is 0.365 e. The van der Waals surface area contributed by atoms with Crippen molar-refractivity contribution in [2.45, 2.75) is 6.92 Å². The molecule has 0 unspecified atom stereocenters. The van der Waals surface area contributed by atoms with E-state index in [1.54, 1.807) is 24.4 Å². The maximum absolute atomic E-state index is 11.8. The van der Waals surface area contributed by atoms with Crippen LogP contribution in [0, 0.1) is 6.92 Å². The van der Waals surface area contributed by atoms with Gasteiger partial charge >= 0.3 is 0 Å². The lowest BCUT2D eigenvalue weighted by Gasteiger charge is -2.05. The van der Waals surface area contributed by atoms with Crippen LogP contribution in [0.1, 0.15) is 21.5 Å². The number of aromatic nitrogens is 2. The molecule has 0 bridgehead atoms. The third-order valence-electron chi connectivity index (χ3n) is 3.50. The number of benzene rings is 2. The van der Waals surface area contributed by atoms with Crippen molar-refractivity contribution < 1.29 is 4.79 Å². The number of aliphatic imine (C=N–C) groups is 1. The second-order valence-electron chi connectivity index (χ2n) is 5.47. The van der Waals surface area contributed by atoms with Gasteiger partial charge in [0.05, 0.1) is 0 Å². The average Bonchev–Trinajstić information content (AvgIpc) is 2.97. The van der Waals surface area contributed by atoms with Gasteiger partial charge < -0.3 is 11.1 Å². The number of halogens is 1. The van der Waals surface area contributed by atoms with E-state index in [1.807, 2.05) is 37.3 Å². The van der Waals surface area contributed by atoms with Gasteiger partial charge in [0.1, 0.15) is 11.4 Å². The second kappa shape index (κ2) is 7.19. The zero-order chi connectivity index (χ0) is 17.8. The van der Waals surface area contributed by atoms with Crippen LogP contribution in [0.2, 0.25) is 5.02 Å². The Morgan fingerprint density at radius 2 is 2.04 bits per heavy atom. The number of amides is 1. The van der Waals surface area contributed by atoms with Crippen LogP contribution in [0.15, 0.2) is 53.5 Å². The summed E-state index contributed by atoms with van der Waals surface area (Å²) < 4.78 is 0. The first kappa shape index (κ1) is 16.7. The van der Waals surface area contributed by atoms with Crippen molar-refractivity contribution in [2.24, 2.45) is 10.7 Å². The van der Waals surface area contributed by atoms with Crippen molar-refractivity contribution in [3.05, 3.63) is 70.2 Å². The van der Waals surface area contributed by atoms with Crippen LogP contribution < -0.4 is 11.1 Å². The summed E-state index contributed by atoms with van der Waals surface area (Å²) in [4.78, 5) is 16.1. The van der Waals surface area contributed by atoms with Crippen molar-refractivity contribution in [3.63, 3.8) is 0 Å². The van der Waals surface area contributed by atoms with Gasteiger partial charge in [0, 0.05) is 16.9 Å². The molecule has 0 saturated heterocycles. The number of nitrogens with one attached hydrogen (secondary N) is 2. The number of hydrogen-bond acceptors (Lipinski definition) is 4. The topological polar surface area (TPSA) is 96.2 Å². The van der Waals surface area contributed by atoms with E-state index < -0.39 is 5.91 Å². The van der Waals surface area contributed by atoms with E-state index in [2.05, 4.69) is 20.5 Å². The maximum Gasteiger partial charge on any atom is 0.256 e. The summed E-state index contributed by atoms with van der Waals surface area (Å²) in [6, 6.07) is 14.9. The van der Waals surface area contributed by atoms with Gasteiger partial charge in [-0.25, -0.2) is 4.99 Å². The quantitative estimate of drug-likeness (QED) is 0.605. The maximum atomic E-state index is 11.8. The van der Waals surface area contributed by atoms with Crippen LogP contribution in [0.3, 0.4) is 0 Å². The highest BCUT2D eigenvalue weighted by Gasteiger charge is 2.18.